The molecule has 0 spiro atoms. The molecule has 140 valence electrons. The molecule has 2 aliphatic rings. The number of rotatable bonds is 4. The van der Waals surface area contributed by atoms with Crippen molar-refractivity contribution >= 4 is 23.2 Å². The number of hydrogen-bond acceptors (Lipinski definition) is 7. The first-order valence-electron chi connectivity index (χ1n) is 8.54. The number of nitrogens with zero attached hydrogens (tertiary/aromatic N) is 5. The number of aliphatic hydroxyl groups is 1. The molecule has 0 aromatic carbocycles. The molecule has 0 saturated carbocycles. The van der Waals surface area contributed by atoms with Crippen LogP contribution in [0.2, 0.25) is 0 Å². The van der Waals surface area contributed by atoms with Gasteiger partial charge in [0.05, 0.1) is 18.3 Å². The molecule has 4 rings (SSSR count). The van der Waals surface area contributed by atoms with Crippen molar-refractivity contribution in [3.8, 4) is 0 Å². The maximum Gasteiger partial charge on any atom is 0.166 e. The first kappa shape index (κ1) is 17.3. The van der Waals surface area contributed by atoms with Crippen LogP contribution < -0.4 is 0 Å². The number of ether oxygens (including phenoxy) is 3. The smallest absolute Gasteiger partial charge is 0.166 e. The molecule has 1 N–H and O–H groups in total. The summed E-state index contributed by atoms with van der Waals surface area (Å²) in [6, 6.07) is 1.91. The van der Waals surface area contributed by atoms with Crippen LogP contribution in [0.4, 0.5) is 5.82 Å². The molecule has 9 heteroatoms. The van der Waals surface area contributed by atoms with E-state index in [1.807, 2.05) is 49.7 Å². The second-order valence-electron chi connectivity index (χ2n) is 7.18. The van der Waals surface area contributed by atoms with Gasteiger partial charge in [-0.2, -0.15) is 0 Å². The summed E-state index contributed by atoms with van der Waals surface area (Å²) < 4.78 is 19.9. The van der Waals surface area contributed by atoms with Crippen LogP contribution >= 0.6 is 0 Å². The zero-order valence-electron chi connectivity index (χ0n) is 15.2. The van der Waals surface area contributed by atoms with Crippen LogP contribution in [-0.2, 0) is 14.2 Å². The van der Waals surface area contributed by atoms with Gasteiger partial charge in [-0.25, -0.2) is 15.0 Å². The van der Waals surface area contributed by atoms with E-state index in [-0.39, 0.29) is 18.8 Å². The van der Waals surface area contributed by atoms with E-state index >= 15 is 0 Å². The molecule has 0 unspecified atom stereocenters. The molecule has 2 aliphatic heterocycles. The fourth-order valence-electron chi connectivity index (χ4n) is 3.47. The van der Waals surface area contributed by atoms with Crippen molar-refractivity contribution in [2.24, 2.45) is 4.99 Å². The van der Waals surface area contributed by atoms with E-state index in [9.17, 15) is 5.11 Å². The summed E-state index contributed by atoms with van der Waals surface area (Å²) >= 11 is 0. The number of fused-ring (bicyclic) bond motifs is 2. The number of hydrogen-bond donors (Lipinski definition) is 1. The second-order valence-corrected chi connectivity index (χ2v) is 7.18. The van der Waals surface area contributed by atoms with Gasteiger partial charge in [-0.1, -0.05) is 0 Å². The van der Waals surface area contributed by atoms with Gasteiger partial charge in [0.1, 0.15) is 30.3 Å². The number of aromatic nitrogens is 3. The highest BCUT2D eigenvalue weighted by molar-refractivity contribution is 5.87. The van der Waals surface area contributed by atoms with Gasteiger partial charge >= 0.3 is 0 Å². The third-order valence-electron chi connectivity index (χ3n) is 4.48. The Hall–Kier alpha value is -2.07. The van der Waals surface area contributed by atoms with Crippen LogP contribution in [0.3, 0.4) is 0 Å². The Labute approximate surface area is 151 Å². The zero-order valence-corrected chi connectivity index (χ0v) is 15.2. The lowest BCUT2D eigenvalue weighted by molar-refractivity contribution is -0.199. The maximum absolute atomic E-state index is 9.66. The predicted octanol–water partition coefficient (Wildman–Crippen LogP) is 1.06. The minimum Gasteiger partial charge on any atom is -0.394 e. The van der Waals surface area contributed by atoms with Crippen LogP contribution in [0.1, 0.15) is 20.1 Å². The van der Waals surface area contributed by atoms with Gasteiger partial charge in [-0.3, -0.25) is 0 Å². The average Bonchev–Trinajstić information content (AvgIpc) is 3.23. The molecule has 0 bridgehead atoms. The number of aliphatic hydroxyl groups excluding tert-OH is 1. The van der Waals surface area contributed by atoms with Crippen LogP contribution in [-0.4, -0.2) is 75.7 Å². The molecular weight excluding hydrogens is 338 g/mol. The summed E-state index contributed by atoms with van der Waals surface area (Å²) in [6.45, 7) is 3.59. The summed E-state index contributed by atoms with van der Waals surface area (Å²) in [4.78, 5) is 14.9. The van der Waals surface area contributed by atoms with Crippen molar-refractivity contribution < 1.29 is 19.3 Å². The van der Waals surface area contributed by atoms with E-state index in [1.54, 1.807) is 6.34 Å². The predicted molar refractivity (Wildman–Crippen MR) is 94.2 cm³/mol. The molecule has 2 saturated heterocycles. The van der Waals surface area contributed by atoms with Crippen molar-refractivity contribution in [1.29, 1.82) is 0 Å². The summed E-state index contributed by atoms with van der Waals surface area (Å²) in [5.74, 6) is -0.135. The minimum absolute atomic E-state index is 0.135. The van der Waals surface area contributed by atoms with Crippen molar-refractivity contribution in [1.82, 2.24) is 19.4 Å². The molecule has 26 heavy (non-hydrogen) atoms. The Bertz CT molecular complexity index is 834. The lowest BCUT2D eigenvalue weighted by Crippen LogP contribution is -2.31. The molecule has 2 fully saturated rings. The van der Waals surface area contributed by atoms with Gasteiger partial charge in [0.15, 0.2) is 17.8 Å². The van der Waals surface area contributed by atoms with Gasteiger partial charge in [0.2, 0.25) is 0 Å². The Balaban J connectivity index is 1.72. The highest BCUT2D eigenvalue weighted by Crippen LogP contribution is 2.44. The van der Waals surface area contributed by atoms with E-state index in [4.69, 9.17) is 14.2 Å². The van der Waals surface area contributed by atoms with Crippen LogP contribution in [0.15, 0.2) is 23.6 Å². The van der Waals surface area contributed by atoms with Gasteiger partial charge < -0.3 is 28.8 Å². The summed E-state index contributed by atoms with van der Waals surface area (Å²) in [7, 11) is 3.79. The Morgan fingerprint density at radius 1 is 1.31 bits per heavy atom. The van der Waals surface area contributed by atoms with Gasteiger partial charge in [-0.15, -0.1) is 0 Å². The standard InChI is InChI=1S/C17H23N5O4/c1-17(2)25-12-11(7-23)24-16(13(12)26-17)22-6-5-10-14(20-9-21(3)4)18-8-19-15(10)22/h5-6,8-9,11-13,16,23H,7H2,1-4H3/t11-,12-,13-,16-/m1/s1. The highest BCUT2D eigenvalue weighted by atomic mass is 16.8. The topological polar surface area (TPSA) is 94.2 Å². The normalized spacial score (nSPS) is 30.3. The molecule has 9 nitrogen and oxygen atoms in total. The van der Waals surface area contributed by atoms with E-state index in [2.05, 4.69) is 15.0 Å². The van der Waals surface area contributed by atoms with E-state index in [0.29, 0.717) is 11.5 Å². The Morgan fingerprint density at radius 3 is 2.81 bits per heavy atom. The fourth-order valence-corrected chi connectivity index (χ4v) is 3.47. The van der Waals surface area contributed by atoms with Crippen molar-refractivity contribution in [3.05, 3.63) is 18.6 Å². The van der Waals surface area contributed by atoms with Gasteiger partial charge in [-0.05, 0) is 19.9 Å². The molecule has 0 aliphatic carbocycles. The Kier molecular flexibility index (Phi) is 4.19. The average molecular weight is 361 g/mol. The summed E-state index contributed by atoms with van der Waals surface area (Å²) in [5, 5.41) is 10.5. The lowest BCUT2D eigenvalue weighted by atomic mass is 10.1. The van der Waals surface area contributed by atoms with Gasteiger partial charge in [0.25, 0.3) is 0 Å². The van der Waals surface area contributed by atoms with E-state index < -0.39 is 18.1 Å². The van der Waals surface area contributed by atoms with Crippen LogP contribution in [0.5, 0.6) is 0 Å². The minimum atomic E-state index is -0.718. The molecule has 2 aromatic rings. The van der Waals surface area contributed by atoms with Gasteiger partial charge in [0, 0.05) is 20.3 Å². The van der Waals surface area contributed by atoms with E-state index in [0.717, 1.165) is 5.39 Å². The van der Waals surface area contributed by atoms with E-state index in [1.165, 1.54) is 6.33 Å². The largest absolute Gasteiger partial charge is 0.394 e. The van der Waals surface area contributed by atoms with Crippen LogP contribution in [0.25, 0.3) is 11.0 Å². The second kappa shape index (κ2) is 6.27. The first-order chi connectivity index (χ1) is 12.4. The monoisotopic (exact) mass is 361 g/mol. The fraction of sp³-hybridized carbons (Fsp3) is 0.588. The van der Waals surface area contributed by atoms with Crippen molar-refractivity contribution in [2.45, 2.75) is 44.2 Å². The molecule has 4 atom stereocenters. The zero-order chi connectivity index (χ0) is 18.5. The summed E-state index contributed by atoms with van der Waals surface area (Å²) in [6.07, 6.45) is 3.50. The first-order valence-corrected chi connectivity index (χ1v) is 8.54. The third kappa shape index (κ3) is 2.86. The Morgan fingerprint density at radius 2 is 2.08 bits per heavy atom. The molecule has 2 aromatic heterocycles. The third-order valence-corrected chi connectivity index (χ3v) is 4.48. The molecule has 0 amide bonds. The molecule has 0 radical (unpaired) electrons. The highest BCUT2D eigenvalue weighted by Gasteiger charge is 2.55. The van der Waals surface area contributed by atoms with Crippen LogP contribution in [0, 0.1) is 0 Å². The summed E-state index contributed by atoms with van der Waals surface area (Å²) in [5.41, 5.74) is 0.696. The van der Waals surface area contributed by atoms with Crippen molar-refractivity contribution in [3.63, 3.8) is 0 Å². The quantitative estimate of drug-likeness (QED) is 0.643. The molecule has 4 heterocycles. The number of aliphatic imine (C=N–C) groups is 1. The van der Waals surface area contributed by atoms with Crippen molar-refractivity contribution in [2.75, 3.05) is 20.7 Å². The SMILES string of the molecule is CN(C)C=Nc1ncnc2c1ccn2[C@@H]1O[C@H](CO)[C@H]2OC(C)(C)O[C@H]21. The lowest BCUT2D eigenvalue weighted by Gasteiger charge is -2.24. The molecular formula is C17H23N5O4. The maximum atomic E-state index is 9.66.